The molecule has 0 saturated carbocycles. The zero-order valence-corrected chi connectivity index (χ0v) is 13.1. The van der Waals surface area contributed by atoms with Crippen LogP contribution in [0.25, 0.3) is 0 Å². The van der Waals surface area contributed by atoms with Crippen molar-refractivity contribution in [3.8, 4) is 0 Å². The molecule has 0 amide bonds. The largest absolute Gasteiger partial charge is 0.467 e. The maximum atomic E-state index is 5.67. The fraction of sp³-hybridized carbons (Fsp3) is 0.176. The molecule has 0 spiro atoms. The van der Waals surface area contributed by atoms with Gasteiger partial charge in [0.15, 0.2) is 5.11 Å². The zero-order valence-electron chi connectivity index (χ0n) is 12.3. The Morgan fingerprint density at radius 1 is 1.09 bits per heavy atom. The van der Waals surface area contributed by atoms with Gasteiger partial charge in [0.05, 0.1) is 30.8 Å². The van der Waals surface area contributed by atoms with E-state index < -0.39 is 0 Å². The quantitative estimate of drug-likeness (QED) is 0.742. The molecule has 6 heteroatoms. The molecule has 1 saturated heterocycles. The summed E-state index contributed by atoms with van der Waals surface area (Å²) in [5, 5.41) is 4.03. The van der Waals surface area contributed by atoms with Crippen LogP contribution < -0.4 is 5.32 Å². The number of nitrogens with zero attached hydrogens (tertiary/aromatic N) is 2. The summed E-state index contributed by atoms with van der Waals surface area (Å²) < 4.78 is 11.1. The summed E-state index contributed by atoms with van der Waals surface area (Å²) in [5.74, 6) is 1.70. The van der Waals surface area contributed by atoms with E-state index in [-0.39, 0.29) is 12.1 Å². The van der Waals surface area contributed by atoms with Crippen LogP contribution >= 0.6 is 12.2 Å². The van der Waals surface area contributed by atoms with E-state index in [9.17, 15) is 0 Å². The van der Waals surface area contributed by atoms with Gasteiger partial charge in [0, 0.05) is 6.20 Å². The number of thiocarbonyl (C=S) groups is 1. The lowest BCUT2D eigenvalue weighted by molar-refractivity contribution is 0.251. The highest BCUT2D eigenvalue weighted by Crippen LogP contribution is 2.39. The summed E-state index contributed by atoms with van der Waals surface area (Å²) in [6.45, 7) is 0.577. The van der Waals surface area contributed by atoms with Crippen molar-refractivity contribution in [2.24, 2.45) is 0 Å². The Kier molecular flexibility index (Phi) is 3.59. The van der Waals surface area contributed by atoms with Gasteiger partial charge < -0.3 is 19.1 Å². The maximum absolute atomic E-state index is 5.67. The standard InChI is InChI=1S/C17H15N3O2S/c23-17-19-15(13-6-1-2-8-18-13)16(14-7-4-10-22-14)20(17)11-12-5-3-9-21-12/h1-10,15-16H,11H2,(H,19,23)/t15-,16-/m0/s1. The van der Waals surface area contributed by atoms with Gasteiger partial charge in [-0.15, -0.1) is 0 Å². The van der Waals surface area contributed by atoms with E-state index in [0.29, 0.717) is 11.7 Å². The molecule has 0 bridgehead atoms. The normalized spacial score (nSPS) is 20.7. The molecule has 23 heavy (non-hydrogen) atoms. The van der Waals surface area contributed by atoms with Gasteiger partial charge in [-0.2, -0.15) is 0 Å². The molecular weight excluding hydrogens is 310 g/mol. The topological polar surface area (TPSA) is 54.4 Å². The molecule has 4 rings (SSSR count). The molecule has 0 aliphatic carbocycles. The van der Waals surface area contributed by atoms with Crippen molar-refractivity contribution in [2.45, 2.75) is 18.6 Å². The number of pyridine rings is 1. The summed E-state index contributed by atoms with van der Waals surface area (Å²) in [4.78, 5) is 6.55. The predicted molar refractivity (Wildman–Crippen MR) is 88.4 cm³/mol. The summed E-state index contributed by atoms with van der Waals surface area (Å²) >= 11 is 5.55. The van der Waals surface area contributed by atoms with Crippen LogP contribution in [0, 0.1) is 0 Å². The number of rotatable bonds is 4. The Labute approximate surface area is 138 Å². The smallest absolute Gasteiger partial charge is 0.170 e. The van der Waals surface area contributed by atoms with Crippen molar-refractivity contribution < 1.29 is 8.83 Å². The van der Waals surface area contributed by atoms with E-state index in [4.69, 9.17) is 21.1 Å². The number of hydrogen-bond donors (Lipinski definition) is 1. The average molecular weight is 325 g/mol. The fourth-order valence-corrected chi connectivity index (χ4v) is 3.22. The lowest BCUT2D eigenvalue weighted by Crippen LogP contribution is -2.28. The Balaban J connectivity index is 1.71. The molecule has 3 aromatic heterocycles. The first-order valence-corrected chi connectivity index (χ1v) is 7.77. The van der Waals surface area contributed by atoms with Gasteiger partial charge in [0.1, 0.15) is 17.6 Å². The van der Waals surface area contributed by atoms with Gasteiger partial charge in [-0.05, 0) is 48.6 Å². The van der Waals surface area contributed by atoms with Crippen LogP contribution in [-0.4, -0.2) is 15.0 Å². The highest BCUT2D eigenvalue weighted by Gasteiger charge is 2.41. The zero-order chi connectivity index (χ0) is 15.6. The van der Waals surface area contributed by atoms with E-state index in [1.807, 2.05) is 42.5 Å². The first-order valence-electron chi connectivity index (χ1n) is 7.37. The fourth-order valence-electron chi connectivity index (χ4n) is 2.91. The van der Waals surface area contributed by atoms with Gasteiger partial charge in [0.25, 0.3) is 0 Å². The van der Waals surface area contributed by atoms with Gasteiger partial charge in [-0.25, -0.2) is 0 Å². The summed E-state index contributed by atoms with van der Waals surface area (Å²) in [6.07, 6.45) is 5.13. The molecular formula is C17H15N3O2S. The molecule has 0 unspecified atom stereocenters. The first-order chi connectivity index (χ1) is 11.3. The van der Waals surface area contributed by atoms with Gasteiger partial charge in [0.2, 0.25) is 0 Å². The molecule has 0 radical (unpaired) electrons. The molecule has 4 heterocycles. The Morgan fingerprint density at radius 3 is 2.65 bits per heavy atom. The third kappa shape index (κ3) is 2.61. The second-order valence-corrected chi connectivity index (χ2v) is 5.74. The number of hydrogen-bond acceptors (Lipinski definition) is 4. The van der Waals surface area contributed by atoms with E-state index in [1.54, 1.807) is 18.7 Å². The van der Waals surface area contributed by atoms with E-state index in [2.05, 4.69) is 15.2 Å². The number of furan rings is 2. The van der Waals surface area contributed by atoms with Crippen LogP contribution in [0.4, 0.5) is 0 Å². The lowest BCUT2D eigenvalue weighted by atomic mass is 10.0. The second kappa shape index (κ2) is 5.89. The van der Waals surface area contributed by atoms with Gasteiger partial charge >= 0.3 is 0 Å². The van der Waals surface area contributed by atoms with Crippen LogP contribution in [0.5, 0.6) is 0 Å². The monoisotopic (exact) mass is 325 g/mol. The van der Waals surface area contributed by atoms with Crippen LogP contribution in [0.15, 0.2) is 70.0 Å². The van der Waals surface area contributed by atoms with Crippen molar-refractivity contribution >= 4 is 17.3 Å². The van der Waals surface area contributed by atoms with Crippen molar-refractivity contribution in [3.63, 3.8) is 0 Å². The Bertz CT molecular complexity index is 772. The molecule has 1 fully saturated rings. The predicted octanol–water partition coefficient (Wildman–Crippen LogP) is 3.44. The van der Waals surface area contributed by atoms with Gasteiger partial charge in [-0.3, -0.25) is 4.98 Å². The van der Waals surface area contributed by atoms with Crippen LogP contribution in [-0.2, 0) is 6.54 Å². The van der Waals surface area contributed by atoms with Crippen LogP contribution in [0.2, 0.25) is 0 Å². The number of aromatic nitrogens is 1. The Morgan fingerprint density at radius 2 is 1.96 bits per heavy atom. The molecule has 3 aromatic rings. The molecule has 116 valence electrons. The summed E-state index contributed by atoms with van der Waals surface area (Å²) in [6, 6.07) is 13.4. The highest BCUT2D eigenvalue weighted by atomic mass is 32.1. The third-order valence-electron chi connectivity index (χ3n) is 3.94. The molecule has 1 aliphatic rings. The molecule has 1 aliphatic heterocycles. The molecule has 2 atom stereocenters. The van der Waals surface area contributed by atoms with Crippen molar-refractivity contribution in [2.75, 3.05) is 0 Å². The minimum atomic E-state index is -0.0718. The van der Waals surface area contributed by atoms with Crippen LogP contribution in [0.3, 0.4) is 0 Å². The van der Waals surface area contributed by atoms with Crippen molar-refractivity contribution in [3.05, 3.63) is 78.4 Å². The summed E-state index contributed by atoms with van der Waals surface area (Å²) in [7, 11) is 0. The number of nitrogens with one attached hydrogen (secondary N) is 1. The lowest BCUT2D eigenvalue weighted by Gasteiger charge is -2.25. The van der Waals surface area contributed by atoms with Crippen molar-refractivity contribution in [1.82, 2.24) is 15.2 Å². The van der Waals surface area contributed by atoms with Crippen molar-refractivity contribution in [1.29, 1.82) is 0 Å². The summed E-state index contributed by atoms with van der Waals surface area (Å²) in [5.41, 5.74) is 0.929. The van der Waals surface area contributed by atoms with Crippen LogP contribution in [0.1, 0.15) is 29.3 Å². The molecule has 5 nitrogen and oxygen atoms in total. The van der Waals surface area contributed by atoms with Gasteiger partial charge in [-0.1, -0.05) is 6.07 Å². The first kappa shape index (κ1) is 14.0. The highest BCUT2D eigenvalue weighted by molar-refractivity contribution is 7.80. The molecule has 1 N–H and O–H groups in total. The maximum Gasteiger partial charge on any atom is 0.170 e. The van der Waals surface area contributed by atoms with E-state index in [1.165, 1.54) is 0 Å². The minimum Gasteiger partial charge on any atom is -0.467 e. The minimum absolute atomic E-state index is 0.0650. The SMILES string of the molecule is S=C1N[C@@H](c2ccccn2)[C@H](c2ccco2)N1Cc1ccco1. The van der Waals surface area contributed by atoms with E-state index >= 15 is 0 Å². The Hall–Kier alpha value is -2.60. The average Bonchev–Trinajstić information content (AvgIpc) is 3.31. The second-order valence-electron chi connectivity index (χ2n) is 5.35. The van der Waals surface area contributed by atoms with E-state index in [0.717, 1.165) is 17.2 Å². The third-order valence-corrected chi connectivity index (χ3v) is 4.29. The molecule has 0 aromatic carbocycles.